The maximum Gasteiger partial charge on any atom is 0.305 e. The van der Waals surface area contributed by atoms with E-state index in [1.54, 1.807) is 19.1 Å². The van der Waals surface area contributed by atoms with E-state index in [-0.39, 0.29) is 37.5 Å². The zero-order valence-corrected chi connectivity index (χ0v) is 15.1. The number of nitrogens with zero attached hydrogens (tertiary/aromatic N) is 2. The molecule has 0 saturated heterocycles. The number of benzene rings is 1. The number of hydrogen-bond donors (Lipinski definition) is 2. The van der Waals surface area contributed by atoms with E-state index in [1.165, 1.54) is 18.0 Å². The van der Waals surface area contributed by atoms with Gasteiger partial charge in [-0.05, 0) is 25.5 Å². The largest absolute Gasteiger partial charge is 0.481 e. The molecular formula is C18H23N3O5. The number of carbonyl (C=O) groups is 2. The van der Waals surface area contributed by atoms with Crippen LogP contribution in [0.25, 0.3) is 10.9 Å². The highest BCUT2D eigenvalue weighted by Gasteiger charge is 2.29. The third kappa shape index (κ3) is 4.66. The first kappa shape index (κ1) is 19.6. The first-order chi connectivity index (χ1) is 12.3. The van der Waals surface area contributed by atoms with Gasteiger partial charge in [0.2, 0.25) is 5.91 Å². The van der Waals surface area contributed by atoms with Crippen LogP contribution in [0.5, 0.6) is 0 Å². The van der Waals surface area contributed by atoms with E-state index in [0.717, 1.165) is 5.56 Å². The summed E-state index contributed by atoms with van der Waals surface area (Å²) in [6.07, 6.45) is 1.19. The molecular weight excluding hydrogens is 338 g/mol. The number of hydrogen-bond acceptors (Lipinski definition) is 5. The van der Waals surface area contributed by atoms with Crippen LogP contribution in [-0.4, -0.2) is 45.8 Å². The molecule has 2 N–H and O–H groups in total. The summed E-state index contributed by atoms with van der Waals surface area (Å²) < 4.78 is 6.39. The van der Waals surface area contributed by atoms with Gasteiger partial charge in [0, 0.05) is 20.1 Å². The number of methoxy groups -OCH3 is 1. The minimum Gasteiger partial charge on any atom is -0.481 e. The number of aryl methyl sites for hydroxylation is 2. The predicted octanol–water partition coefficient (Wildman–Crippen LogP) is 1.09. The quantitative estimate of drug-likeness (QED) is 0.728. The van der Waals surface area contributed by atoms with Gasteiger partial charge in [0.05, 0.1) is 35.8 Å². The predicted molar refractivity (Wildman–Crippen MR) is 96.0 cm³/mol. The Bertz CT molecular complexity index is 877. The zero-order chi connectivity index (χ0) is 19.3. The maximum absolute atomic E-state index is 12.5. The van der Waals surface area contributed by atoms with Gasteiger partial charge in [-0.25, -0.2) is 4.98 Å². The SMILES string of the molecule is COCC(C)(CC(=O)O)NC(=O)CCn1cnc2c(C)cccc2c1=O. The van der Waals surface area contributed by atoms with E-state index in [9.17, 15) is 14.4 Å². The summed E-state index contributed by atoms with van der Waals surface area (Å²) in [7, 11) is 1.44. The standard InChI is InChI=1S/C18H23N3O5/c1-12-5-4-6-13-16(12)19-11-21(17(13)25)8-7-14(22)20-18(2,10-26-3)9-15(23)24/h4-6,11H,7-10H2,1-3H3,(H,20,22)(H,23,24). The van der Waals surface area contributed by atoms with Crippen molar-refractivity contribution in [1.29, 1.82) is 0 Å². The molecule has 26 heavy (non-hydrogen) atoms. The lowest BCUT2D eigenvalue weighted by Gasteiger charge is -2.28. The van der Waals surface area contributed by atoms with Gasteiger partial charge >= 0.3 is 5.97 Å². The average Bonchev–Trinajstić information content (AvgIpc) is 2.54. The minimum absolute atomic E-state index is 0.0256. The number of fused-ring (bicyclic) bond motifs is 1. The first-order valence-electron chi connectivity index (χ1n) is 8.22. The highest BCUT2D eigenvalue weighted by Crippen LogP contribution is 2.12. The number of ether oxygens (including phenoxy) is 1. The second kappa shape index (κ2) is 8.09. The number of para-hydroxylation sites is 1. The lowest BCUT2D eigenvalue weighted by molar-refractivity contribution is -0.139. The van der Waals surface area contributed by atoms with Crippen molar-refractivity contribution in [1.82, 2.24) is 14.9 Å². The van der Waals surface area contributed by atoms with Crippen LogP contribution in [0.2, 0.25) is 0 Å². The molecule has 1 amide bonds. The Morgan fingerprint density at radius 3 is 2.77 bits per heavy atom. The van der Waals surface area contributed by atoms with E-state index >= 15 is 0 Å². The Hall–Kier alpha value is -2.74. The average molecular weight is 361 g/mol. The van der Waals surface area contributed by atoms with Gasteiger partial charge in [-0.3, -0.25) is 19.0 Å². The van der Waals surface area contributed by atoms with Crippen molar-refractivity contribution in [2.45, 2.75) is 38.8 Å². The summed E-state index contributed by atoms with van der Waals surface area (Å²) in [5.74, 6) is -1.39. The topological polar surface area (TPSA) is 111 Å². The molecule has 2 aromatic rings. The summed E-state index contributed by atoms with van der Waals surface area (Å²) in [6.45, 7) is 3.71. The smallest absolute Gasteiger partial charge is 0.305 e. The van der Waals surface area contributed by atoms with E-state index in [0.29, 0.717) is 10.9 Å². The molecule has 8 nitrogen and oxygen atoms in total. The van der Waals surface area contributed by atoms with Crippen LogP contribution in [0.15, 0.2) is 29.3 Å². The van der Waals surface area contributed by atoms with Gasteiger partial charge in [-0.1, -0.05) is 12.1 Å². The second-order valence-corrected chi connectivity index (χ2v) is 6.58. The number of rotatable bonds is 8. The van der Waals surface area contributed by atoms with E-state index in [2.05, 4.69) is 10.3 Å². The third-order valence-electron chi connectivity index (χ3n) is 4.08. The molecule has 1 unspecified atom stereocenters. The summed E-state index contributed by atoms with van der Waals surface area (Å²) in [4.78, 5) is 40.0. The molecule has 1 aromatic heterocycles. The summed E-state index contributed by atoms with van der Waals surface area (Å²) in [5, 5.41) is 12.2. The number of carbonyl (C=O) groups excluding carboxylic acids is 1. The molecule has 0 aliphatic rings. The van der Waals surface area contributed by atoms with Crippen LogP contribution in [0.4, 0.5) is 0 Å². The highest BCUT2D eigenvalue weighted by molar-refractivity contribution is 5.80. The molecule has 0 radical (unpaired) electrons. The Balaban J connectivity index is 2.09. The lowest BCUT2D eigenvalue weighted by atomic mass is 9.98. The fourth-order valence-corrected chi connectivity index (χ4v) is 2.90. The normalized spacial score (nSPS) is 13.3. The second-order valence-electron chi connectivity index (χ2n) is 6.58. The van der Waals surface area contributed by atoms with Crippen LogP contribution in [0.1, 0.15) is 25.3 Å². The fraction of sp³-hybridized carbons (Fsp3) is 0.444. The van der Waals surface area contributed by atoms with Crippen LogP contribution >= 0.6 is 0 Å². The van der Waals surface area contributed by atoms with Gasteiger partial charge < -0.3 is 15.2 Å². The molecule has 1 atom stereocenters. The molecule has 0 saturated carbocycles. The number of aliphatic carboxylic acids is 1. The number of aromatic nitrogens is 2. The molecule has 140 valence electrons. The van der Waals surface area contributed by atoms with Crippen LogP contribution in [0.3, 0.4) is 0 Å². The Kier molecular flexibility index (Phi) is 6.10. The molecule has 0 aliphatic heterocycles. The van der Waals surface area contributed by atoms with Crippen molar-refractivity contribution in [3.05, 3.63) is 40.4 Å². The number of carboxylic acid groups (broad SMARTS) is 1. The van der Waals surface area contributed by atoms with Crippen molar-refractivity contribution in [2.75, 3.05) is 13.7 Å². The summed E-state index contributed by atoms with van der Waals surface area (Å²) >= 11 is 0. The summed E-state index contributed by atoms with van der Waals surface area (Å²) in [5.41, 5.74) is 0.332. The first-order valence-corrected chi connectivity index (χ1v) is 8.22. The molecule has 2 rings (SSSR count). The van der Waals surface area contributed by atoms with Gasteiger partial charge in [-0.15, -0.1) is 0 Å². The Labute approximate surface area is 150 Å². The molecule has 0 aliphatic carbocycles. The van der Waals surface area contributed by atoms with Crippen molar-refractivity contribution >= 4 is 22.8 Å². The molecule has 0 bridgehead atoms. The number of amides is 1. The van der Waals surface area contributed by atoms with E-state index < -0.39 is 11.5 Å². The van der Waals surface area contributed by atoms with Crippen molar-refractivity contribution in [3.63, 3.8) is 0 Å². The zero-order valence-electron chi connectivity index (χ0n) is 15.1. The Morgan fingerprint density at radius 2 is 2.12 bits per heavy atom. The maximum atomic E-state index is 12.5. The molecule has 0 spiro atoms. The minimum atomic E-state index is -1.03. The highest BCUT2D eigenvalue weighted by atomic mass is 16.5. The van der Waals surface area contributed by atoms with Gasteiger partial charge in [0.25, 0.3) is 5.56 Å². The monoisotopic (exact) mass is 361 g/mol. The molecule has 1 aromatic carbocycles. The van der Waals surface area contributed by atoms with Gasteiger partial charge in [-0.2, -0.15) is 0 Å². The molecule has 8 heteroatoms. The van der Waals surface area contributed by atoms with Gasteiger partial charge in [0.15, 0.2) is 0 Å². The number of nitrogens with one attached hydrogen (secondary N) is 1. The van der Waals surface area contributed by atoms with E-state index in [1.807, 2.05) is 13.0 Å². The summed E-state index contributed by atoms with van der Waals surface area (Å²) in [6, 6.07) is 5.38. The molecule has 1 heterocycles. The van der Waals surface area contributed by atoms with Crippen LogP contribution < -0.4 is 10.9 Å². The Morgan fingerprint density at radius 1 is 1.38 bits per heavy atom. The lowest BCUT2D eigenvalue weighted by Crippen LogP contribution is -2.51. The van der Waals surface area contributed by atoms with Crippen molar-refractivity contribution in [2.24, 2.45) is 0 Å². The molecule has 0 fully saturated rings. The van der Waals surface area contributed by atoms with Gasteiger partial charge in [0.1, 0.15) is 0 Å². The number of carboxylic acids is 1. The fourth-order valence-electron chi connectivity index (χ4n) is 2.90. The van der Waals surface area contributed by atoms with Crippen LogP contribution in [0, 0.1) is 6.92 Å². The van der Waals surface area contributed by atoms with Crippen LogP contribution in [-0.2, 0) is 20.9 Å². The van der Waals surface area contributed by atoms with Crippen molar-refractivity contribution < 1.29 is 19.4 Å². The third-order valence-corrected chi connectivity index (χ3v) is 4.08. The van der Waals surface area contributed by atoms with Crippen molar-refractivity contribution in [3.8, 4) is 0 Å². The van der Waals surface area contributed by atoms with E-state index in [4.69, 9.17) is 9.84 Å².